The Hall–Kier alpha value is -1.67. The molecule has 0 atom stereocenters. The smallest absolute Gasteiger partial charge is 0.0346 e. The Morgan fingerprint density at radius 2 is 2.07 bits per heavy atom. The second kappa shape index (κ2) is 4.03. The Morgan fingerprint density at radius 1 is 1.21 bits per heavy atom. The highest BCUT2D eigenvalue weighted by Gasteiger charge is 1.95. The van der Waals surface area contributed by atoms with Crippen molar-refractivity contribution in [3.05, 3.63) is 48.3 Å². The molecular weight excluding hydrogens is 172 g/mol. The molecule has 0 saturated carbocycles. The zero-order chi connectivity index (χ0) is 9.80. The molecule has 70 valence electrons. The van der Waals surface area contributed by atoms with Crippen LogP contribution in [0, 0.1) is 0 Å². The van der Waals surface area contributed by atoms with Gasteiger partial charge in [0.1, 0.15) is 0 Å². The summed E-state index contributed by atoms with van der Waals surface area (Å²) >= 11 is 0. The number of nitrogens with zero attached hydrogens (tertiary/aromatic N) is 1. The molecule has 0 bridgehead atoms. The molecule has 0 aliphatic rings. The molecule has 1 heterocycles. The predicted molar refractivity (Wildman–Crippen MR) is 59.8 cm³/mol. The van der Waals surface area contributed by atoms with Crippen LogP contribution in [0.2, 0.25) is 0 Å². The van der Waals surface area contributed by atoms with Gasteiger partial charge in [0, 0.05) is 29.9 Å². The summed E-state index contributed by atoms with van der Waals surface area (Å²) in [6.45, 7) is 0.559. The highest BCUT2D eigenvalue weighted by Crippen LogP contribution is 2.17. The second-order valence-electron chi connectivity index (χ2n) is 3.09. The molecular formula is C12H12N2. The third-order valence-electron chi connectivity index (χ3n) is 2.13. The normalized spacial score (nSPS) is 11.2. The van der Waals surface area contributed by atoms with Gasteiger partial charge < -0.3 is 5.73 Å². The van der Waals surface area contributed by atoms with Crippen molar-refractivity contribution in [2.75, 3.05) is 6.54 Å². The average molecular weight is 184 g/mol. The molecule has 0 aliphatic carbocycles. The third-order valence-corrected chi connectivity index (χ3v) is 2.13. The lowest BCUT2D eigenvalue weighted by molar-refractivity contribution is 1.26. The van der Waals surface area contributed by atoms with Crippen molar-refractivity contribution < 1.29 is 0 Å². The van der Waals surface area contributed by atoms with Gasteiger partial charge in [-0.3, -0.25) is 4.98 Å². The summed E-state index contributed by atoms with van der Waals surface area (Å²) < 4.78 is 0. The quantitative estimate of drug-likeness (QED) is 0.777. The van der Waals surface area contributed by atoms with E-state index in [0.717, 1.165) is 10.9 Å². The van der Waals surface area contributed by atoms with Crippen LogP contribution < -0.4 is 5.73 Å². The van der Waals surface area contributed by atoms with Crippen LogP contribution in [0.3, 0.4) is 0 Å². The second-order valence-corrected chi connectivity index (χ2v) is 3.09. The molecule has 0 saturated heterocycles. The molecule has 1 aromatic heterocycles. The number of rotatable bonds is 2. The number of hydrogen-bond acceptors (Lipinski definition) is 2. The lowest BCUT2D eigenvalue weighted by atomic mass is 10.1. The number of aromatic nitrogens is 1. The number of fused-ring (bicyclic) bond motifs is 1. The fourth-order valence-corrected chi connectivity index (χ4v) is 1.47. The zero-order valence-electron chi connectivity index (χ0n) is 7.85. The molecule has 0 unspecified atom stereocenters. The van der Waals surface area contributed by atoms with Gasteiger partial charge in [0.15, 0.2) is 0 Å². The van der Waals surface area contributed by atoms with Crippen LogP contribution in [0.25, 0.3) is 16.8 Å². The summed E-state index contributed by atoms with van der Waals surface area (Å²) in [6.07, 6.45) is 7.67. The largest absolute Gasteiger partial charge is 0.327 e. The van der Waals surface area contributed by atoms with Crippen LogP contribution in [0.5, 0.6) is 0 Å². The van der Waals surface area contributed by atoms with Crippen LogP contribution in [-0.4, -0.2) is 11.5 Å². The number of benzene rings is 1. The van der Waals surface area contributed by atoms with Gasteiger partial charge in [-0.2, -0.15) is 0 Å². The minimum atomic E-state index is 0.559. The Labute approximate surface area is 83.1 Å². The number of pyridine rings is 1. The van der Waals surface area contributed by atoms with Crippen molar-refractivity contribution in [3.8, 4) is 0 Å². The van der Waals surface area contributed by atoms with Gasteiger partial charge in [-0.15, -0.1) is 0 Å². The molecule has 2 aromatic rings. The minimum Gasteiger partial charge on any atom is -0.327 e. The van der Waals surface area contributed by atoms with E-state index in [4.69, 9.17) is 5.73 Å². The van der Waals surface area contributed by atoms with E-state index in [9.17, 15) is 0 Å². The van der Waals surface area contributed by atoms with E-state index in [1.165, 1.54) is 5.39 Å². The Bertz CT molecular complexity index is 455. The molecule has 0 spiro atoms. The first kappa shape index (κ1) is 8.91. The van der Waals surface area contributed by atoms with Crippen LogP contribution >= 0.6 is 0 Å². The topological polar surface area (TPSA) is 38.9 Å². The molecule has 14 heavy (non-hydrogen) atoms. The number of nitrogens with two attached hydrogens (primary N) is 1. The van der Waals surface area contributed by atoms with Gasteiger partial charge >= 0.3 is 0 Å². The maximum absolute atomic E-state index is 5.41. The van der Waals surface area contributed by atoms with Gasteiger partial charge in [0.25, 0.3) is 0 Å². The fourth-order valence-electron chi connectivity index (χ4n) is 1.47. The van der Waals surface area contributed by atoms with E-state index in [0.29, 0.717) is 6.54 Å². The average Bonchev–Trinajstić information content (AvgIpc) is 2.26. The van der Waals surface area contributed by atoms with E-state index in [1.807, 2.05) is 36.7 Å². The van der Waals surface area contributed by atoms with Crippen molar-refractivity contribution in [2.45, 2.75) is 0 Å². The van der Waals surface area contributed by atoms with E-state index in [1.54, 1.807) is 0 Å². The summed E-state index contributed by atoms with van der Waals surface area (Å²) in [5.41, 5.74) is 6.53. The molecule has 0 amide bonds. The SMILES string of the molecule is NCC=Cc1cncc2ccccc12. The molecule has 1 aromatic carbocycles. The molecule has 2 N–H and O–H groups in total. The first-order chi connectivity index (χ1) is 6.92. The molecule has 2 rings (SSSR count). The van der Waals surface area contributed by atoms with Gasteiger partial charge in [-0.25, -0.2) is 0 Å². The maximum Gasteiger partial charge on any atom is 0.0346 e. The van der Waals surface area contributed by atoms with Gasteiger partial charge in [0.2, 0.25) is 0 Å². The maximum atomic E-state index is 5.41. The lowest BCUT2D eigenvalue weighted by Gasteiger charge is -2.00. The predicted octanol–water partition coefficient (Wildman–Crippen LogP) is 2.21. The monoisotopic (exact) mass is 184 g/mol. The van der Waals surface area contributed by atoms with Crippen molar-refractivity contribution in [1.82, 2.24) is 4.98 Å². The highest BCUT2D eigenvalue weighted by molar-refractivity contribution is 5.89. The molecule has 0 aliphatic heterocycles. The standard InChI is InChI=1S/C12H12N2/c13-7-3-5-11-9-14-8-10-4-1-2-6-12(10)11/h1-6,8-9H,7,13H2. The van der Waals surface area contributed by atoms with Crippen LogP contribution in [0.4, 0.5) is 0 Å². The first-order valence-electron chi connectivity index (χ1n) is 4.61. The summed E-state index contributed by atoms with van der Waals surface area (Å²) in [5, 5.41) is 2.37. The van der Waals surface area contributed by atoms with Crippen LogP contribution in [-0.2, 0) is 0 Å². The van der Waals surface area contributed by atoms with Gasteiger partial charge in [-0.05, 0) is 5.39 Å². The Morgan fingerprint density at radius 3 is 2.93 bits per heavy atom. The highest BCUT2D eigenvalue weighted by atomic mass is 14.6. The summed E-state index contributed by atoms with van der Waals surface area (Å²) in [4.78, 5) is 4.17. The van der Waals surface area contributed by atoms with Crippen LogP contribution in [0.15, 0.2) is 42.7 Å². The molecule has 2 nitrogen and oxygen atoms in total. The van der Waals surface area contributed by atoms with Crippen molar-refractivity contribution in [3.63, 3.8) is 0 Å². The first-order valence-corrected chi connectivity index (χ1v) is 4.61. The Kier molecular flexibility index (Phi) is 2.56. The summed E-state index contributed by atoms with van der Waals surface area (Å²) in [6, 6.07) is 8.19. The van der Waals surface area contributed by atoms with Crippen LogP contribution in [0.1, 0.15) is 5.56 Å². The molecule has 2 heteroatoms. The number of hydrogen-bond donors (Lipinski definition) is 1. The Balaban J connectivity index is 2.59. The van der Waals surface area contributed by atoms with Crippen molar-refractivity contribution >= 4 is 16.8 Å². The van der Waals surface area contributed by atoms with Crippen molar-refractivity contribution in [2.24, 2.45) is 5.73 Å². The summed E-state index contributed by atoms with van der Waals surface area (Å²) in [7, 11) is 0. The van der Waals surface area contributed by atoms with E-state index in [2.05, 4.69) is 17.1 Å². The molecule has 0 radical (unpaired) electrons. The summed E-state index contributed by atoms with van der Waals surface area (Å²) in [5.74, 6) is 0. The van der Waals surface area contributed by atoms with Gasteiger partial charge in [-0.1, -0.05) is 36.4 Å². The third kappa shape index (κ3) is 1.65. The van der Waals surface area contributed by atoms with Gasteiger partial charge in [0.05, 0.1) is 0 Å². The molecule has 0 fully saturated rings. The lowest BCUT2D eigenvalue weighted by Crippen LogP contribution is -1.92. The van der Waals surface area contributed by atoms with E-state index in [-0.39, 0.29) is 0 Å². The minimum absolute atomic E-state index is 0.559. The van der Waals surface area contributed by atoms with E-state index >= 15 is 0 Å². The van der Waals surface area contributed by atoms with Crippen molar-refractivity contribution in [1.29, 1.82) is 0 Å². The zero-order valence-corrected chi connectivity index (χ0v) is 7.85. The van der Waals surface area contributed by atoms with E-state index < -0.39 is 0 Å². The fraction of sp³-hybridized carbons (Fsp3) is 0.0833.